The highest BCUT2D eigenvalue weighted by Gasteiger charge is 2.39. The molecule has 0 spiro atoms. The number of nitrogens with zero attached hydrogens (tertiary/aromatic N) is 2. The van der Waals surface area contributed by atoms with E-state index >= 15 is 0 Å². The first-order valence-corrected chi connectivity index (χ1v) is 17.0. The summed E-state index contributed by atoms with van der Waals surface area (Å²) in [5, 5.41) is 12.8. The molecule has 256 valence electrons. The van der Waals surface area contributed by atoms with Gasteiger partial charge in [0.05, 0.1) is 68.3 Å². The summed E-state index contributed by atoms with van der Waals surface area (Å²) < 4.78 is 23.1. The molecule has 9 nitrogen and oxygen atoms in total. The molecule has 2 heterocycles. The van der Waals surface area contributed by atoms with Crippen LogP contribution in [0.4, 0.5) is 0 Å². The van der Waals surface area contributed by atoms with Crippen molar-refractivity contribution in [3.63, 3.8) is 0 Å². The molecule has 1 fully saturated rings. The third-order valence-electron chi connectivity index (χ3n) is 8.66. The van der Waals surface area contributed by atoms with Crippen molar-refractivity contribution in [2.45, 2.75) is 31.6 Å². The number of morpholine rings is 1. The average molecular weight is 684 g/mol. The topological polar surface area (TPSA) is 110 Å². The number of rotatable bonds is 15. The number of esters is 2. The standard InChI is InChI=1S/C39H42ClN3O6/c1-28-35(38(44)49-22-16-33(29-10-4-2-5-11-29)30-12-6-3-7-13-30)36(31-14-8-15-32(40)26-31)37(39(45)48-21-9-17-41)34(42-28)27-47-25-20-43-18-23-46-24-19-43/h2-8,10-15,26,33,36,42H,9,16,18-25,27H2,1H3. The van der Waals surface area contributed by atoms with Gasteiger partial charge < -0.3 is 24.3 Å². The molecule has 1 N–H and O–H groups in total. The van der Waals surface area contributed by atoms with Crippen LogP contribution in [-0.2, 0) is 28.5 Å². The second-order valence-electron chi connectivity index (χ2n) is 11.9. The van der Waals surface area contributed by atoms with Crippen LogP contribution in [0.5, 0.6) is 0 Å². The van der Waals surface area contributed by atoms with Crippen LogP contribution in [0.3, 0.4) is 0 Å². The number of nitrogens with one attached hydrogen (secondary N) is 1. The van der Waals surface area contributed by atoms with E-state index in [0.717, 1.165) is 30.8 Å². The van der Waals surface area contributed by atoms with Gasteiger partial charge in [0.2, 0.25) is 0 Å². The maximum absolute atomic E-state index is 14.1. The summed E-state index contributed by atoms with van der Waals surface area (Å²) in [6.45, 7) is 6.13. The van der Waals surface area contributed by atoms with Gasteiger partial charge in [-0.15, -0.1) is 0 Å². The molecule has 1 atom stereocenters. The lowest BCUT2D eigenvalue weighted by Gasteiger charge is -2.32. The summed E-state index contributed by atoms with van der Waals surface area (Å²) in [4.78, 5) is 30.2. The number of carbonyl (C=O) groups excluding carboxylic acids is 2. The highest BCUT2D eigenvalue weighted by molar-refractivity contribution is 6.30. The van der Waals surface area contributed by atoms with Crippen LogP contribution in [0.1, 0.15) is 48.3 Å². The van der Waals surface area contributed by atoms with Crippen LogP contribution in [0.2, 0.25) is 5.02 Å². The average Bonchev–Trinajstić information content (AvgIpc) is 3.12. The maximum atomic E-state index is 14.1. The number of hydrogen-bond donors (Lipinski definition) is 1. The fourth-order valence-electron chi connectivity index (χ4n) is 6.24. The predicted octanol–water partition coefficient (Wildman–Crippen LogP) is 6.13. The zero-order chi connectivity index (χ0) is 34.4. The van der Waals surface area contributed by atoms with Gasteiger partial charge in [0.1, 0.15) is 6.61 Å². The first-order chi connectivity index (χ1) is 24.0. The molecule has 10 heteroatoms. The number of dihydropyridines is 1. The smallest absolute Gasteiger partial charge is 0.336 e. The van der Waals surface area contributed by atoms with Gasteiger partial charge in [-0.2, -0.15) is 5.26 Å². The van der Waals surface area contributed by atoms with Crippen LogP contribution in [-0.4, -0.2) is 76.1 Å². The van der Waals surface area contributed by atoms with Gasteiger partial charge in [-0.3, -0.25) is 4.90 Å². The number of benzene rings is 3. The Bertz CT molecular complexity index is 1630. The Kier molecular flexibility index (Phi) is 13.4. The highest BCUT2D eigenvalue weighted by Crippen LogP contribution is 2.40. The quantitative estimate of drug-likeness (QED) is 0.150. The lowest BCUT2D eigenvalue weighted by Crippen LogP contribution is -2.39. The third-order valence-corrected chi connectivity index (χ3v) is 8.89. The summed E-state index contributed by atoms with van der Waals surface area (Å²) in [6.07, 6.45) is 0.593. The molecule has 0 saturated carbocycles. The lowest BCUT2D eigenvalue weighted by atomic mass is 9.80. The Morgan fingerprint density at radius 3 is 2.22 bits per heavy atom. The molecule has 49 heavy (non-hydrogen) atoms. The minimum absolute atomic E-state index is 0.0188. The third kappa shape index (κ3) is 9.80. The molecule has 2 aliphatic rings. The Balaban J connectivity index is 1.40. The molecular formula is C39H42ClN3O6. The van der Waals surface area contributed by atoms with E-state index in [1.54, 1.807) is 25.1 Å². The normalized spacial score (nSPS) is 16.7. The maximum Gasteiger partial charge on any atom is 0.336 e. The lowest BCUT2D eigenvalue weighted by molar-refractivity contribution is -0.140. The van der Waals surface area contributed by atoms with Crippen LogP contribution >= 0.6 is 11.6 Å². The summed E-state index contributed by atoms with van der Waals surface area (Å²) in [7, 11) is 0. The van der Waals surface area contributed by atoms with Gasteiger partial charge in [-0.05, 0) is 42.2 Å². The summed E-state index contributed by atoms with van der Waals surface area (Å²) >= 11 is 6.45. The summed E-state index contributed by atoms with van der Waals surface area (Å²) in [5.74, 6) is -2.03. The second-order valence-corrected chi connectivity index (χ2v) is 12.3. The molecule has 2 aliphatic heterocycles. The molecule has 0 amide bonds. The first-order valence-electron chi connectivity index (χ1n) is 16.6. The molecule has 0 radical (unpaired) electrons. The summed E-state index contributed by atoms with van der Waals surface area (Å²) in [6, 6.07) is 29.3. The van der Waals surface area contributed by atoms with Crippen molar-refractivity contribution < 1.29 is 28.5 Å². The number of allylic oxidation sites excluding steroid dienone is 1. The highest BCUT2D eigenvalue weighted by atomic mass is 35.5. The molecule has 3 aromatic rings. The fourth-order valence-corrected chi connectivity index (χ4v) is 6.44. The van der Waals surface area contributed by atoms with Crippen molar-refractivity contribution in [1.82, 2.24) is 10.2 Å². The SMILES string of the molecule is CC1=C(C(=O)OCCC(c2ccccc2)c2ccccc2)C(c2cccc(Cl)c2)C(C(=O)OCCC#N)=C(COCCN2CCOCC2)N1. The summed E-state index contributed by atoms with van der Waals surface area (Å²) in [5.41, 5.74) is 4.40. The van der Waals surface area contributed by atoms with E-state index in [9.17, 15) is 9.59 Å². The van der Waals surface area contributed by atoms with Crippen LogP contribution in [0, 0.1) is 11.3 Å². The predicted molar refractivity (Wildman–Crippen MR) is 187 cm³/mol. The minimum Gasteiger partial charge on any atom is -0.462 e. The van der Waals surface area contributed by atoms with Crippen LogP contribution < -0.4 is 5.32 Å². The van der Waals surface area contributed by atoms with Crippen molar-refractivity contribution in [2.24, 2.45) is 0 Å². The number of carbonyl (C=O) groups is 2. The van der Waals surface area contributed by atoms with Crippen molar-refractivity contribution in [1.29, 1.82) is 5.26 Å². The van der Waals surface area contributed by atoms with E-state index in [2.05, 4.69) is 34.5 Å². The zero-order valence-corrected chi connectivity index (χ0v) is 28.5. The Morgan fingerprint density at radius 2 is 1.57 bits per heavy atom. The van der Waals surface area contributed by atoms with Gasteiger partial charge in [0.25, 0.3) is 0 Å². The van der Waals surface area contributed by atoms with E-state index in [4.69, 9.17) is 35.8 Å². The van der Waals surface area contributed by atoms with E-state index in [-0.39, 0.29) is 43.3 Å². The molecule has 0 aromatic heterocycles. The van der Waals surface area contributed by atoms with Crippen molar-refractivity contribution in [2.75, 3.05) is 59.3 Å². The van der Waals surface area contributed by atoms with E-state index in [1.165, 1.54) is 0 Å². The first kappa shape index (κ1) is 35.8. The molecule has 3 aromatic carbocycles. The minimum atomic E-state index is -0.848. The van der Waals surface area contributed by atoms with Gasteiger partial charge in [-0.25, -0.2) is 9.59 Å². The van der Waals surface area contributed by atoms with Gasteiger partial charge >= 0.3 is 11.9 Å². The van der Waals surface area contributed by atoms with Gasteiger partial charge in [0.15, 0.2) is 0 Å². The number of hydrogen-bond acceptors (Lipinski definition) is 9. The van der Waals surface area contributed by atoms with Crippen molar-refractivity contribution >= 4 is 23.5 Å². The fraction of sp³-hybridized carbons (Fsp3) is 0.359. The van der Waals surface area contributed by atoms with Crippen molar-refractivity contribution in [3.8, 4) is 6.07 Å². The Labute approximate surface area is 293 Å². The molecule has 1 unspecified atom stereocenters. The monoisotopic (exact) mass is 683 g/mol. The van der Waals surface area contributed by atoms with Crippen LogP contribution in [0.25, 0.3) is 0 Å². The van der Waals surface area contributed by atoms with E-state index in [1.807, 2.05) is 48.5 Å². The molecule has 5 rings (SSSR count). The number of nitriles is 1. The number of halogens is 1. The second kappa shape index (κ2) is 18.3. The molecular weight excluding hydrogens is 642 g/mol. The Morgan fingerprint density at radius 1 is 0.918 bits per heavy atom. The van der Waals surface area contributed by atoms with E-state index in [0.29, 0.717) is 48.2 Å². The largest absolute Gasteiger partial charge is 0.462 e. The molecule has 0 aliphatic carbocycles. The zero-order valence-electron chi connectivity index (χ0n) is 27.7. The van der Waals surface area contributed by atoms with Crippen LogP contribution in [0.15, 0.2) is 107 Å². The van der Waals surface area contributed by atoms with Gasteiger partial charge in [0, 0.05) is 36.3 Å². The number of ether oxygens (including phenoxy) is 4. The van der Waals surface area contributed by atoms with Crippen molar-refractivity contribution in [3.05, 3.63) is 129 Å². The van der Waals surface area contributed by atoms with E-state index < -0.39 is 17.9 Å². The molecule has 0 bridgehead atoms. The van der Waals surface area contributed by atoms with Gasteiger partial charge in [-0.1, -0.05) is 84.4 Å². The Hall–Kier alpha value is -4.46. The molecule has 1 saturated heterocycles.